The average molecular weight is 233 g/mol. The van der Waals surface area contributed by atoms with Crippen molar-refractivity contribution in [2.75, 3.05) is 13.1 Å². The van der Waals surface area contributed by atoms with Gasteiger partial charge < -0.3 is 10.0 Å². The van der Waals surface area contributed by atoms with Crippen LogP contribution in [-0.2, 0) is 10.4 Å². The van der Waals surface area contributed by atoms with E-state index in [2.05, 4.69) is 6.92 Å². The van der Waals surface area contributed by atoms with Gasteiger partial charge in [0.05, 0.1) is 0 Å². The van der Waals surface area contributed by atoms with Crippen molar-refractivity contribution < 1.29 is 9.90 Å². The van der Waals surface area contributed by atoms with Gasteiger partial charge in [-0.2, -0.15) is 0 Å². The number of nitrogens with zero attached hydrogens (tertiary/aromatic N) is 1. The third-order valence-corrected chi connectivity index (χ3v) is 3.46. The monoisotopic (exact) mass is 233 g/mol. The molecule has 0 aromatic heterocycles. The molecule has 1 aliphatic heterocycles. The van der Waals surface area contributed by atoms with Crippen molar-refractivity contribution in [2.24, 2.45) is 5.92 Å². The van der Waals surface area contributed by atoms with E-state index in [-0.39, 0.29) is 5.91 Å². The lowest BCUT2D eigenvalue weighted by atomic mass is 9.94. The Balaban J connectivity index is 2.18. The molecule has 1 aromatic carbocycles. The van der Waals surface area contributed by atoms with E-state index in [1.54, 1.807) is 24.0 Å². The first-order chi connectivity index (χ1) is 8.01. The third kappa shape index (κ3) is 2.34. The number of hydrogen-bond donors (Lipinski definition) is 1. The summed E-state index contributed by atoms with van der Waals surface area (Å²) in [7, 11) is 0. The zero-order valence-electron chi connectivity index (χ0n) is 10.4. The number of rotatable bonds is 2. The summed E-state index contributed by atoms with van der Waals surface area (Å²) < 4.78 is 0. The first-order valence-corrected chi connectivity index (χ1v) is 6.09. The van der Waals surface area contributed by atoms with E-state index in [0.29, 0.717) is 11.5 Å². The average Bonchev–Trinajstić information content (AvgIpc) is 2.76. The molecule has 17 heavy (non-hydrogen) atoms. The van der Waals surface area contributed by atoms with Crippen molar-refractivity contribution in [3.8, 4) is 0 Å². The first-order valence-electron chi connectivity index (χ1n) is 6.09. The molecule has 0 spiro atoms. The molecule has 1 heterocycles. The Morgan fingerprint density at radius 1 is 1.41 bits per heavy atom. The van der Waals surface area contributed by atoms with Crippen LogP contribution in [0.1, 0.15) is 25.8 Å². The summed E-state index contributed by atoms with van der Waals surface area (Å²) in [5.74, 6) is 0.346. The van der Waals surface area contributed by atoms with Crippen LogP contribution in [0.4, 0.5) is 0 Å². The first kappa shape index (κ1) is 12.1. The quantitative estimate of drug-likeness (QED) is 0.845. The van der Waals surface area contributed by atoms with Crippen LogP contribution >= 0.6 is 0 Å². The van der Waals surface area contributed by atoms with Gasteiger partial charge in [0.2, 0.25) is 0 Å². The molecule has 1 N–H and O–H groups in total. The lowest BCUT2D eigenvalue weighted by molar-refractivity contribution is -0.149. The van der Waals surface area contributed by atoms with Crippen LogP contribution < -0.4 is 0 Å². The van der Waals surface area contributed by atoms with Gasteiger partial charge in [0.1, 0.15) is 0 Å². The minimum atomic E-state index is -1.41. The maximum Gasteiger partial charge on any atom is 0.258 e. The third-order valence-electron chi connectivity index (χ3n) is 3.46. The van der Waals surface area contributed by atoms with Crippen LogP contribution in [-0.4, -0.2) is 29.0 Å². The van der Waals surface area contributed by atoms with Gasteiger partial charge in [0, 0.05) is 13.1 Å². The minimum absolute atomic E-state index is 0.187. The highest BCUT2D eigenvalue weighted by Crippen LogP contribution is 2.26. The summed E-state index contributed by atoms with van der Waals surface area (Å²) in [5, 5.41) is 10.4. The maximum absolute atomic E-state index is 12.3. The zero-order valence-corrected chi connectivity index (χ0v) is 10.4. The molecule has 1 amide bonds. The van der Waals surface area contributed by atoms with Crippen LogP contribution in [0.2, 0.25) is 0 Å². The second-order valence-corrected chi connectivity index (χ2v) is 5.08. The fourth-order valence-electron chi connectivity index (χ4n) is 2.31. The number of aliphatic hydroxyl groups is 1. The molecule has 2 unspecified atom stereocenters. The van der Waals surface area contributed by atoms with Gasteiger partial charge in [-0.25, -0.2) is 0 Å². The molecule has 0 saturated carbocycles. The number of amides is 1. The SMILES string of the molecule is CC1CCN(C(=O)C(C)(O)c2ccccc2)C1. The predicted octanol–water partition coefficient (Wildman–Crippen LogP) is 1.76. The largest absolute Gasteiger partial charge is 0.376 e. The molecule has 1 aromatic rings. The summed E-state index contributed by atoms with van der Waals surface area (Å²) in [6, 6.07) is 9.13. The van der Waals surface area contributed by atoms with Gasteiger partial charge in [-0.1, -0.05) is 37.3 Å². The Bertz CT molecular complexity index is 400. The molecule has 1 aliphatic rings. The zero-order chi connectivity index (χ0) is 12.5. The van der Waals surface area contributed by atoms with Crippen LogP contribution in [0, 0.1) is 5.92 Å². The van der Waals surface area contributed by atoms with Gasteiger partial charge in [0.25, 0.3) is 5.91 Å². The van der Waals surface area contributed by atoms with Gasteiger partial charge in [-0.05, 0) is 24.8 Å². The van der Waals surface area contributed by atoms with E-state index < -0.39 is 5.60 Å². The van der Waals surface area contributed by atoms with Crippen LogP contribution in [0.5, 0.6) is 0 Å². The minimum Gasteiger partial charge on any atom is -0.376 e. The molecule has 2 rings (SSSR count). The lowest BCUT2D eigenvalue weighted by Gasteiger charge is -2.28. The van der Waals surface area contributed by atoms with Crippen molar-refractivity contribution >= 4 is 5.91 Å². The van der Waals surface area contributed by atoms with Crippen LogP contribution in [0.15, 0.2) is 30.3 Å². The molecule has 92 valence electrons. The number of carbonyl (C=O) groups is 1. The van der Waals surface area contributed by atoms with Crippen molar-refractivity contribution in [3.63, 3.8) is 0 Å². The number of benzene rings is 1. The molecular formula is C14H19NO2. The van der Waals surface area contributed by atoms with E-state index in [1.807, 2.05) is 18.2 Å². The summed E-state index contributed by atoms with van der Waals surface area (Å²) in [4.78, 5) is 14.1. The molecular weight excluding hydrogens is 214 g/mol. The Kier molecular flexibility index (Phi) is 3.20. The summed E-state index contributed by atoms with van der Waals surface area (Å²) in [5.41, 5.74) is -0.754. The van der Waals surface area contributed by atoms with Crippen LogP contribution in [0.25, 0.3) is 0 Å². The second-order valence-electron chi connectivity index (χ2n) is 5.08. The van der Waals surface area contributed by atoms with E-state index in [9.17, 15) is 9.90 Å². The summed E-state index contributed by atoms with van der Waals surface area (Å²) in [6.45, 7) is 5.21. The molecule has 2 atom stereocenters. The molecule has 1 saturated heterocycles. The Morgan fingerprint density at radius 2 is 2.06 bits per heavy atom. The van der Waals surface area contributed by atoms with E-state index in [4.69, 9.17) is 0 Å². The number of likely N-dealkylation sites (tertiary alicyclic amines) is 1. The van der Waals surface area contributed by atoms with Gasteiger partial charge >= 0.3 is 0 Å². The Labute approximate surface area is 102 Å². The molecule has 0 bridgehead atoms. The highest BCUT2D eigenvalue weighted by molar-refractivity contribution is 5.86. The van der Waals surface area contributed by atoms with Gasteiger partial charge in [-0.3, -0.25) is 4.79 Å². The predicted molar refractivity (Wildman–Crippen MR) is 66.4 cm³/mol. The lowest BCUT2D eigenvalue weighted by Crippen LogP contribution is -2.44. The number of carbonyl (C=O) groups excluding carboxylic acids is 1. The molecule has 0 aliphatic carbocycles. The van der Waals surface area contributed by atoms with Crippen molar-refractivity contribution in [2.45, 2.75) is 25.9 Å². The standard InChI is InChI=1S/C14H19NO2/c1-11-8-9-15(10-11)13(16)14(2,17)12-6-4-3-5-7-12/h3-7,11,17H,8-10H2,1-2H3. The van der Waals surface area contributed by atoms with E-state index >= 15 is 0 Å². The molecule has 0 radical (unpaired) electrons. The Hall–Kier alpha value is -1.35. The van der Waals surface area contributed by atoms with Crippen LogP contribution in [0.3, 0.4) is 0 Å². The topological polar surface area (TPSA) is 40.5 Å². The molecule has 1 fully saturated rings. The van der Waals surface area contributed by atoms with Crippen molar-refractivity contribution in [1.82, 2.24) is 4.90 Å². The highest BCUT2D eigenvalue weighted by atomic mass is 16.3. The fraction of sp³-hybridized carbons (Fsp3) is 0.500. The number of hydrogen-bond acceptors (Lipinski definition) is 2. The Morgan fingerprint density at radius 3 is 2.59 bits per heavy atom. The van der Waals surface area contributed by atoms with Crippen molar-refractivity contribution in [1.29, 1.82) is 0 Å². The van der Waals surface area contributed by atoms with Gasteiger partial charge in [0.15, 0.2) is 5.60 Å². The van der Waals surface area contributed by atoms with E-state index in [0.717, 1.165) is 19.5 Å². The molecule has 3 heteroatoms. The van der Waals surface area contributed by atoms with E-state index in [1.165, 1.54) is 0 Å². The highest BCUT2D eigenvalue weighted by Gasteiger charge is 2.38. The maximum atomic E-state index is 12.3. The van der Waals surface area contributed by atoms with Crippen molar-refractivity contribution in [3.05, 3.63) is 35.9 Å². The summed E-state index contributed by atoms with van der Waals surface area (Å²) in [6.07, 6.45) is 1.02. The normalized spacial score (nSPS) is 23.5. The molecule has 3 nitrogen and oxygen atoms in total. The smallest absolute Gasteiger partial charge is 0.258 e. The fourth-order valence-corrected chi connectivity index (χ4v) is 2.31. The second kappa shape index (κ2) is 4.49. The summed E-state index contributed by atoms with van der Waals surface area (Å²) >= 11 is 0. The van der Waals surface area contributed by atoms with Gasteiger partial charge in [-0.15, -0.1) is 0 Å².